The van der Waals surface area contributed by atoms with E-state index >= 15 is 0 Å². The Morgan fingerprint density at radius 3 is 2.50 bits per heavy atom. The van der Waals surface area contributed by atoms with Crippen LogP contribution in [0.3, 0.4) is 0 Å². The number of carbonyl (C=O) groups excluding carboxylic acids is 1. The van der Waals surface area contributed by atoms with Crippen LogP contribution < -0.4 is 10.6 Å². The smallest absolute Gasteiger partial charge is 0.247 e. The molecule has 0 spiro atoms. The number of hydrogen-bond donors (Lipinski definition) is 1. The van der Waals surface area contributed by atoms with Gasteiger partial charge in [-0.3, -0.25) is 4.79 Å². The number of nitrogens with two attached hydrogens (primary N) is 1. The molecule has 0 aliphatic heterocycles. The van der Waals surface area contributed by atoms with Gasteiger partial charge in [0.2, 0.25) is 5.91 Å². The average molecular weight is 276 g/mol. The van der Waals surface area contributed by atoms with Crippen LogP contribution >= 0.6 is 0 Å². The molecule has 1 aromatic carbocycles. The van der Waals surface area contributed by atoms with E-state index in [9.17, 15) is 4.79 Å². The Hall–Kier alpha value is -1.39. The number of hydrogen-bond acceptors (Lipinski definition) is 3. The van der Waals surface area contributed by atoms with E-state index in [1.165, 1.54) is 0 Å². The Balaban J connectivity index is 2.18. The van der Waals surface area contributed by atoms with Crippen LogP contribution in [0.1, 0.15) is 27.2 Å². The third-order valence-electron chi connectivity index (χ3n) is 4.66. The molecule has 0 radical (unpaired) electrons. The van der Waals surface area contributed by atoms with Crippen LogP contribution in [0.25, 0.3) is 0 Å². The number of para-hydroxylation sites is 1. The van der Waals surface area contributed by atoms with E-state index in [4.69, 9.17) is 10.5 Å². The highest BCUT2D eigenvalue weighted by Crippen LogP contribution is 2.50. The molecule has 1 aliphatic rings. The van der Waals surface area contributed by atoms with Gasteiger partial charge in [-0.25, -0.2) is 0 Å². The van der Waals surface area contributed by atoms with Crippen LogP contribution in [0.15, 0.2) is 30.3 Å². The fraction of sp³-hybridized carbons (Fsp3) is 0.562. The fourth-order valence-corrected chi connectivity index (χ4v) is 2.87. The number of anilines is 1. The van der Waals surface area contributed by atoms with E-state index in [-0.39, 0.29) is 17.4 Å². The molecule has 20 heavy (non-hydrogen) atoms. The molecule has 1 fully saturated rings. The van der Waals surface area contributed by atoms with Crippen molar-refractivity contribution in [3.63, 3.8) is 0 Å². The van der Waals surface area contributed by atoms with Crippen LogP contribution in [-0.4, -0.2) is 31.2 Å². The second-order valence-electron chi connectivity index (χ2n) is 6.04. The van der Waals surface area contributed by atoms with Crippen LogP contribution in [0, 0.1) is 5.41 Å². The lowest BCUT2D eigenvalue weighted by molar-refractivity contribution is -0.168. The maximum atomic E-state index is 12.8. The molecule has 0 aromatic heterocycles. The lowest BCUT2D eigenvalue weighted by Crippen LogP contribution is -2.75. The Labute approximate surface area is 120 Å². The minimum Gasteiger partial charge on any atom is -0.378 e. The van der Waals surface area contributed by atoms with Crippen molar-refractivity contribution in [2.24, 2.45) is 11.1 Å². The van der Waals surface area contributed by atoms with Crippen molar-refractivity contribution in [3.05, 3.63) is 30.3 Å². The molecule has 1 aliphatic carbocycles. The highest BCUT2D eigenvalue weighted by molar-refractivity contribution is 6.01. The maximum absolute atomic E-state index is 12.8. The zero-order valence-corrected chi connectivity index (χ0v) is 12.7. The molecule has 2 atom stereocenters. The first-order valence-corrected chi connectivity index (χ1v) is 7.08. The molecule has 2 rings (SSSR count). The van der Waals surface area contributed by atoms with E-state index in [2.05, 4.69) is 0 Å². The van der Waals surface area contributed by atoms with Gasteiger partial charge in [-0.2, -0.15) is 0 Å². The predicted octanol–water partition coefficient (Wildman–Crippen LogP) is 2.18. The zero-order chi connectivity index (χ0) is 15.0. The van der Waals surface area contributed by atoms with E-state index < -0.39 is 5.54 Å². The van der Waals surface area contributed by atoms with Gasteiger partial charge in [0.1, 0.15) is 5.54 Å². The van der Waals surface area contributed by atoms with Crippen molar-refractivity contribution in [2.75, 3.05) is 18.6 Å². The van der Waals surface area contributed by atoms with Crippen LogP contribution in [0.5, 0.6) is 0 Å². The molecular weight excluding hydrogens is 252 g/mol. The van der Waals surface area contributed by atoms with Gasteiger partial charge in [0.25, 0.3) is 0 Å². The van der Waals surface area contributed by atoms with Crippen LogP contribution in [0.4, 0.5) is 5.69 Å². The molecule has 0 bridgehead atoms. The van der Waals surface area contributed by atoms with Gasteiger partial charge < -0.3 is 15.4 Å². The quantitative estimate of drug-likeness (QED) is 0.917. The number of amides is 1. The standard InChI is InChI=1S/C16H24N2O2/c1-5-20-13-11-16(17,15(13,2)3)14(19)18(4)12-9-7-6-8-10-12/h6-10,13H,5,11,17H2,1-4H3. The number of carbonyl (C=O) groups is 1. The number of rotatable bonds is 4. The van der Waals surface area contributed by atoms with Crippen molar-refractivity contribution in [2.45, 2.75) is 38.8 Å². The van der Waals surface area contributed by atoms with Crippen molar-refractivity contribution in [3.8, 4) is 0 Å². The Morgan fingerprint density at radius 1 is 1.40 bits per heavy atom. The summed E-state index contributed by atoms with van der Waals surface area (Å²) in [5.74, 6) is -0.0512. The molecule has 4 nitrogen and oxygen atoms in total. The normalized spacial score (nSPS) is 27.8. The summed E-state index contributed by atoms with van der Waals surface area (Å²) in [4.78, 5) is 14.4. The molecular formula is C16H24N2O2. The monoisotopic (exact) mass is 276 g/mol. The number of benzene rings is 1. The van der Waals surface area contributed by atoms with E-state index in [0.29, 0.717) is 13.0 Å². The summed E-state index contributed by atoms with van der Waals surface area (Å²) in [5.41, 5.74) is 6.05. The molecule has 0 heterocycles. The molecule has 2 N–H and O–H groups in total. The van der Waals surface area contributed by atoms with Gasteiger partial charge in [-0.05, 0) is 19.1 Å². The fourth-order valence-electron chi connectivity index (χ4n) is 2.87. The maximum Gasteiger partial charge on any atom is 0.247 e. The van der Waals surface area contributed by atoms with E-state index in [1.807, 2.05) is 51.1 Å². The first kappa shape index (κ1) is 15.0. The highest BCUT2D eigenvalue weighted by atomic mass is 16.5. The molecule has 0 saturated heterocycles. The highest BCUT2D eigenvalue weighted by Gasteiger charge is 2.63. The number of ether oxygens (including phenoxy) is 1. The Bertz CT molecular complexity index is 487. The van der Waals surface area contributed by atoms with E-state index in [1.54, 1.807) is 11.9 Å². The summed E-state index contributed by atoms with van der Waals surface area (Å²) in [5, 5.41) is 0. The second kappa shape index (κ2) is 5.19. The Kier molecular flexibility index (Phi) is 3.89. The van der Waals surface area contributed by atoms with Crippen molar-refractivity contribution in [1.82, 2.24) is 0 Å². The minimum absolute atomic E-state index is 0.0469. The summed E-state index contributed by atoms with van der Waals surface area (Å²) in [6, 6.07) is 9.58. The van der Waals surface area contributed by atoms with E-state index in [0.717, 1.165) is 5.69 Å². The summed E-state index contributed by atoms with van der Waals surface area (Å²) in [6.07, 6.45) is 0.620. The van der Waals surface area contributed by atoms with Crippen LogP contribution in [-0.2, 0) is 9.53 Å². The second-order valence-corrected chi connectivity index (χ2v) is 6.04. The SMILES string of the molecule is CCOC1CC(N)(C(=O)N(C)c2ccccc2)C1(C)C. The largest absolute Gasteiger partial charge is 0.378 e. The third-order valence-corrected chi connectivity index (χ3v) is 4.66. The molecule has 1 aromatic rings. The lowest BCUT2D eigenvalue weighted by Gasteiger charge is -2.58. The van der Waals surface area contributed by atoms with Gasteiger partial charge in [0.05, 0.1) is 6.10 Å². The van der Waals surface area contributed by atoms with Gasteiger partial charge >= 0.3 is 0 Å². The third kappa shape index (κ3) is 2.13. The topological polar surface area (TPSA) is 55.6 Å². The summed E-state index contributed by atoms with van der Waals surface area (Å²) in [7, 11) is 1.77. The summed E-state index contributed by atoms with van der Waals surface area (Å²) in [6.45, 7) is 6.62. The Morgan fingerprint density at radius 2 is 2.00 bits per heavy atom. The van der Waals surface area contributed by atoms with Crippen molar-refractivity contribution < 1.29 is 9.53 Å². The molecule has 110 valence electrons. The van der Waals surface area contributed by atoms with Gasteiger partial charge in [0, 0.05) is 31.2 Å². The van der Waals surface area contributed by atoms with Gasteiger partial charge in [-0.1, -0.05) is 32.0 Å². The summed E-state index contributed by atoms with van der Waals surface area (Å²) >= 11 is 0. The van der Waals surface area contributed by atoms with Gasteiger partial charge in [-0.15, -0.1) is 0 Å². The average Bonchev–Trinajstić information content (AvgIpc) is 2.46. The molecule has 2 unspecified atom stereocenters. The first-order chi connectivity index (χ1) is 9.34. The minimum atomic E-state index is -0.864. The van der Waals surface area contributed by atoms with Crippen LogP contribution in [0.2, 0.25) is 0 Å². The molecule has 1 amide bonds. The van der Waals surface area contributed by atoms with Crippen molar-refractivity contribution in [1.29, 1.82) is 0 Å². The summed E-state index contributed by atoms with van der Waals surface area (Å²) < 4.78 is 5.67. The van der Waals surface area contributed by atoms with Gasteiger partial charge in [0.15, 0.2) is 0 Å². The zero-order valence-electron chi connectivity index (χ0n) is 12.7. The lowest BCUT2D eigenvalue weighted by atomic mass is 9.54. The molecule has 1 saturated carbocycles. The first-order valence-electron chi connectivity index (χ1n) is 7.08. The number of nitrogens with zero attached hydrogens (tertiary/aromatic N) is 1. The predicted molar refractivity (Wildman–Crippen MR) is 80.6 cm³/mol. The molecule has 4 heteroatoms. The number of likely N-dealkylation sites (N-methyl/N-ethyl adjacent to an activating group) is 1. The van der Waals surface area contributed by atoms with Crippen molar-refractivity contribution >= 4 is 11.6 Å².